The summed E-state index contributed by atoms with van der Waals surface area (Å²) < 4.78 is 38.6. The molecule has 126 valence electrons. The summed E-state index contributed by atoms with van der Waals surface area (Å²) in [5, 5.41) is 6.18. The Hall–Kier alpha value is -2.06. The molecular weight excluding hydrogens is 333 g/mol. The van der Waals surface area contributed by atoms with Crippen LogP contribution in [0.15, 0.2) is 36.5 Å². The number of hydrogen-bond acceptors (Lipinski definition) is 3. The highest BCUT2D eigenvalue weighted by Gasteiger charge is 2.33. The van der Waals surface area contributed by atoms with Crippen molar-refractivity contribution in [3.63, 3.8) is 0 Å². The van der Waals surface area contributed by atoms with E-state index in [2.05, 4.69) is 10.4 Å². The molecule has 0 fully saturated rings. The lowest BCUT2D eigenvalue weighted by atomic mass is 10.2. The van der Waals surface area contributed by atoms with Crippen LogP contribution < -0.4 is 11.1 Å². The summed E-state index contributed by atoms with van der Waals surface area (Å²) in [5.74, 6) is -0.145. The second-order valence-corrected chi connectivity index (χ2v) is 4.63. The Balaban J connectivity index is 0.00000264. The molecule has 0 bridgehead atoms. The van der Waals surface area contributed by atoms with E-state index >= 15 is 0 Å². The number of benzene rings is 1. The van der Waals surface area contributed by atoms with Gasteiger partial charge in [-0.2, -0.15) is 18.3 Å². The van der Waals surface area contributed by atoms with Crippen LogP contribution in [0.2, 0.25) is 0 Å². The van der Waals surface area contributed by atoms with Crippen molar-refractivity contribution in [2.24, 2.45) is 5.73 Å². The van der Waals surface area contributed by atoms with Crippen LogP contribution in [0.1, 0.15) is 17.7 Å². The first kappa shape index (κ1) is 19.0. The molecule has 0 radical (unpaired) electrons. The monoisotopic (exact) mass is 348 g/mol. The standard InChI is InChI=1S/C14H15F3N4O.ClH/c15-14(16,17)12-6-8-21(20-12)11-3-1-10(2-4-11)9-19-13(22)5-7-18;/h1-4,6,8H,5,7,9,18H2,(H,19,22);1H. The van der Waals surface area contributed by atoms with Gasteiger partial charge in [0.15, 0.2) is 5.69 Å². The van der Waals surface area contributed by atoms with E-state index in [1.165, 1.54) is 6.20 Å². The molecule has 2 aromatic rings. The van der Waals surface area contributed by atoms with Crippen LogP contribution in [0.5, 0.6) is 0 Å². The number of aromatic nitrogens is 2. The molecule has 1 aromatic carbocycles. The number of alkyl halides is 3. The van der Waals surface area contributed by atoms with Crippen molar-refractivity contribution in [2.45, 2.75) is 19.1 Å². The molecule has 1 aromatic heterocycles. The quantitative estimate of drug-likeness (QED) is 0.870. The molecule has 1 heterocycles. The lowest BCUT2D eigenvalue weighted by Crippen LogP contribution is -2.24. The van der Waals surface area contributed by atoms with Crippen molar-refractivity contribution in [3.8, 4) is 5.69 Å². The molecule has 0 unspecified atom stereocenters. The largest absolute Gasteiger partial charge is 0.435 e. The third kappa shape index (κ3) is 5.26. The van der Waals surface area contributed by atoms with Gasteiger partial charge in [-0.3, -0.25) is 4.79 Å². The van der Waals surface area contributed by atoms with E-state index in [-0.39, 0.29) is 31.3 Å². The number of carbonyl (C=O) groups excluding carboxylic acids is 1. The Bertz CT molecular complexity index is 640. The molecule has 0 saturated heterocycles. The summed E-state index contributed by atoms with van der Waals surface area (Å²) in [7, 11) is 0. The molecule has 0 atom stereocenters. The van der Waals surface area contributed by atoms with Crippen molar-refractivity contribution in [1.29, 1.82) is 0 Å². The first-order valence-electron chi connectivity index (χ1n) is 6.59. The number of hydrogen-bond donors (Lipinski definition) is 2. The number of halogens is 4. The maximum atomic E-state index is 12.5. The lowest BCUT2D eigenvalue weighted by molar-refractivity contribution is -0.141. The van der Waals surface area contributed by atoms with Crippen molar-refractivity contribution in [2.75, 3.05) is 6.54 Å². The Morgan fingerprint density at radius 1 is 1.22 bits per heavy atom. The molecule has 9 heteroatoms. The Morgan fingerprint density at radius 3 is 2.39 bits per heavy atom. The molecule has 0 aliphatic carbocycles. The van der Waals surface area contributed by atoms with Gasteiger partial charge in [0.25, 0.3) is 0 Å². The number of nitrogens with zero attached hydrogens (tertiary/aromatic N) is 2. The van der Waals surface area contributed by atoms with Gasteiger partial charge in [-0.15, -0.1) is 12.4 Å². The maximum Gasteiger partial charge on any atom is 0.435 e. The van der Waals surface area contributed by atoms with Gasteiger partial charge in [0.05, 0.1) is 5.69 Å². The normalized spacial score (nSPS) is 11.0. The van der Waals surface area contributed by atoms with Crippen LogP contribution in [0, 0.1) is 0 Å². The molecule has 0 aliphatic heterocycles. The average Bonchev–Trinajstić information content (AvgIpc) is 2.96. The topological polar surface area (TPSA) is 72.9 Å². The van der Waals surface area contributed by atoms with E-state index in [9.17, 15) is 18.0 Å². The number of nitrogens with two attached hydrogens (primary N) is 1. The molecule has 0 aliphatic rings. The molecule has 5 nitrogen and oxygen atoms in total. The summed E-state index contributed by atoms with van der Waals surface area (Å²) in [4.78, 5) is 11.3. The highest BCUT2D eigenvalue weighted by Crippen LogP contribution is 2.27. The predicted molar refractivity (Wildman–Crippen MR) is 81.3 cm³/mol. The second kappa shape index (κ2) is 7.98. The van der Waals surface area contributed by atoms with E-state index in [0.29, 0.717) is 12.2 Å². The Morgan fingerprint density at radius 2 is 1.87 bits per heavy atom. The minimum atomic E-state index is -4.46. The molecule has 2 rings (SSSR count). The number of nitrogens with one attached hydrogen (secondary N) is 1. The van der Waals surface area contributed by atoms with E-state index in [1.54, 1.807) is 24.3 Å². The van der Waals surface area contributed by atoms with Gasteiger partial charge < -0.3 is 11.1 Å². The zero-order chi connectivity index (χ0) is 16.2. The van der Waals surface area contributed by atoms with E-state index < -0.39 is 11.9 Å². The third-order valence-electron chi connectivity index (χ3n) is 2.94. The Kier molecular flexibility index (Phi) is 6.59. The third-order valence-corrected chi connectivity index (χ3v) is 2.94. The second-order valence-electron chi connectivity index (χ2n) is 4.63. The predicted octanol–water partition coefficient (Wildman–Crippen LogP) is 2.28. The van der Waals surface area contributed by atoms with Gasteiger partial charge in [-0.1, -0.05) is 12.1 Å². The van der Waals surface area contributed by atoms with Crippen LogP contribution in [-0.2, 0) is 17.5 Å². The summed E-state index contributed by atoms with van der Waals surface area (Å²) >= 11 is 0. The first-order valence-corrected chi connectivity index (χ1v) is 6.59. The van der Waals surface area contributed by atoms with Crippen LogP contribution in [-0.4, -0.2) is 22.2 Å². The van der Waals surface area contributed by atoms with Gasteiger partial charge in [0, 0.05) is 25.7 Å². The van der Waals surface area contributed by atoms with Crippen molar-refractivity contribution < 1.29 is 18.0 Å². The first-order chi connectivity index (χ1) is 10.4. The van der Waals surface area contributed by atoms with Crippen molar-refractivity contribution >= 4 is 18.3 Å². The average molecular weight is 349 g/mol. The molecule has 23 heavy (non-hydrogen) atoms. The lowest BCUT2D eigenvalue weighted by Gasteiger charge is -2.06. The van der Waals surface area contributed by atoms with E-state index in [4.69, 9.17) is 5.73 Å². The zero-order valence-corrected chi connectivity index (χ0v) is 12.8. The Labute approximate surface area is 137 Å². The van der Waals surface area contributed by atoms with Gasteiger partial charge >= 0.3 is 6.18 Å². The van der Waals surface area contributed by atoms with Gasteiger partial charge in [-0.25, -0.2) is 4.68 Å². The molecular formula is C14H16ClF3N4O. The van der Waals surface area contributed by atoms with Gasteiger partial charge in [0.2, 0.25) is 5.91 Å². The summed E-state index contributed by atoms with van der Waals surface area (Å²) in [5.41, 5.74) is 5.66. The van der Waals surface area contributed by atoms with Crippen molar-refractivity contribution in [3.05, 3.63) is 47.8 Å². The molecule has 0 saturated carbocycles. The number of amides is 1. The highest BCUT2D eigenvalue weighted by molar-refractivity contribution is 5.85. The van der Waals surface area contributed by atoms with Crippen molar-refractivity contribution in [1.82, 2.24) is 15.1 Å². The fourth-order valence-corrected chi connectivity index (χ4v) is 1.81. The smallest absolute Gasteiger partial charge is 0.352 e. The molecule has 3 N–H and O–H groups in total. The van der Waals surface area contributed by atoms with Crippen LogP contribution in [0.25, 0.3) is 5.69 Å². The summed E-state index contributed by atoms with van der Waals surface area (Å²) in [6, 6.07) is 7.62. The highest BCUT2D eigenvalue weighted by atomic mass is 35.5. The van der Waals surface area contributed by atoms with E-state index in [0.717, 1.165) is 16.3 Å². The molecule has 1 amide bonds. The minimum Gasteiger partial charge on any atom is -0.352 e. The number of rotatable bonds is 5. The van der Waals surface area contributed by atoms with Gasteiger partial charge in [-0.05, 0) is 23.8 Å². The number of carbonyl (C=O) groups is 1. The fraction of sp³-hybridized carbons (Fsp3) is 0.286. The fourth-order valence-electron chi connectivity index (χ4n) is 1.81. The van der Waals surface area contributed by atoms with Crippen LogP contribution >= 0.6 is 12.4 Å². The minimum absolute atomic E-state index is 0. The van der Waals surface area contributed by atoms with E-state index in [1.807, 2.05) is 0 Å². The zero-order valence-electron chi connectivity index (χ0n) is 12.0. The maximum absolute atomic E-state index is 12.5. The van der Waals surface area contributed by atoms with Crippen LogP contribution in [0.3, 0.4) is 0 Å². The molecule has 0 spiro atoms. The summed E-state index contributed by atoms with van der Waals surface area (Å²) in [6.07, 6.45) is -2.95. The summed E-state index contributed by atoms with van der Waals surface area (Å²) in [6.45, 7) is 0.623. The van der Waals surface area contributed by atoms with Gasteiger partial charge in [0.1, 0.15) is 0 Å². The van der Waals surface area contributed by atoms with Crippen LogP contribution in [0.4, 0.5) is 13.2 Å². The SMILES string of the molecule is Cl.NCCC(=O)NCc1ccc(-n2ccc(C(F)(F)F)n2)cc1.